The molecule has 2 bridgehead atoms. The zero-order chi connectivity index (χ0) is 17.8. The molecule has 4 saturated carbocycles. The maximum absolute atomic E-state index is 12.3. The molecular weight excluding hydrogens is 324 g/mol. The van der Waals surface area contributed by atoms with E-state index in [2.05, 4.69) is 23.2 Å². The van der Waals surface area contributed by atoms with Crippen LogP contribution in [0.4, 0.5) is 0 Å². The van der Waals surface area contributed by atoms with Gasteiger partial charge in [0.25, 0.3) is 0 Å². The van der Waals surface area contributed by atoms with Crippen molar-refractivity contribution in [2.75, 3.05) is 7.11 Å². The van der Waals surface area contributed by atoms with Crippen LogP contribution >= 0.6 is 0 Å². The van der Waals surface area contributed by atoms with E-state index >= 15 is 0 Å². The molecule has 0 atom stereocenters. The Morgan fingerprint density at radius 1 is 1.12 bits per heavy atom. The summed E-state index contributed by atoms with van der Waals surface area (Å²) in [6, 6.07) is 6.83. The number of aromatic amines is 1. The number of hydrogen-bond acceptors (Lipinski definition) is 3. The van der Waals surface area contributed by atoms with E-state index < -0.39 is 0 Å². The molecule has 4 nitrogen and oxygen atoms in total. The molecule has 2 aromatic rings. The Morgan fingerprint density at radius 2 is 1.81 bits per heavy atom. The predicted molar refractivity (Wildman–Crippen MR) is 101 cm³/mol. The minimum Gasteiger partial charge on any atom is -0.469 e. The number of benzene rings is 1. The van der Waals surface area contributed by atoms with Crippen molar-refractivity contribution in [1.29, 1.82) is 0 Å². The number of nitrogens with one attached hydrogen (secondary N) is 1. The first kappa shape index (κ1) is 16.3. The van der Waals surface area contributed by atoms with Gasteiger partial charge in [0.15, 0.2) is 0 Å². The maximum Gasteiger partial charge on any atom is 0.311 e. The number of nitrogens with zero attached hydrogens (tertiary/aromatic N) is 1. The van der Waals surface area contributed by atoms with Gasteiger partial charge in [-0.3, -0.25) is 4.79 Å². The summed E-state index contributed by atoms with van der Waals surface area (Å²) in [5.74, 6) is 1.81. The third-order valence-electron chi connectivity index (χ3n) is 7.72. The van der Waals surface area contributed by atoms with Crippen LogP contribution in [0.25, 0.3) is 11.0 Å². The largest absolute Gasteiger partial charge is 0.469 e. The normalized spacial score (nSPS) is 31.6. The van der Waals surface area contributed by atoms with Crippen molar-refractivity contribution >= 4 is 17.0 Å². The summed E-state index contributed by atoms with van der Waals surface area (Å²) >= 11 is 0. The van der Waals surface area contributed by atoms with Crippen LogP contribution in [0, 0.1) is 5.41 Å². The van der Waals surface area contributed by atoms with Crippen LogP contribution in [0.5, 0.6) is 0 Å². The molecule has 0 unspecified atom stereocenters. The van der Waals surface area contributed by atoms with Gasteiger partial charge in [-0.05, 0) is 74.5 Å². The molecular formula is C22H28N2O2. The average Bonchev–Trinajstić information content (AvgIpc) is 3.37. The fraction of sp³-hybridized carbons (Fsp3) is 0.636. The van der Waals surface area contributed by atoms with Gasteiger partial charge in [-0.1, -0.05) is 18.9 Å². The van der Waals surface area contributed by atoms with Crippen LogP contribution in [0.15, 0.2) is 18.2 Å². The van der Waals surface area contributed by atoms with Crippen LogP contribution in [-0.2, 0) is 14.9 Å². The second kappa shape index (κ2) is 5.83. The van der Waals surface area contributed by atoms with Gasteiger partial charge in [0.1, 0.15) is 5.82 Å². The highest BCUT2D eigenvalue weighted by molar-refractivity contribution is 5.78. The summed E-state index contributed by atoms with van der Waals surface area (Å²) < 4.78 is 5.10. The van der Waals surface area contributed by atoms with E-state index in [0.29, 0.717) is 5.92 Å². The van der Waals surface area contributed by atoms with Crippen molar-refractivity contribution in [3.63, 3.8) is 0 Å². The van der Waals surface area contributed by atoms with Gasteiger partial charge in [-0.25, -0.2) is 4.98 Å². The third-order valence-corrected chi connectivity index (χ3v) is 7.72. The first-order valence-corrected chi connectivity index (χ1v) is 10.2. The lowest BCUT2D eigenvalue weighted by Crippen LogP contribution is -2.48. The highest BCUT2D eigenvalue weighted by atomic mass is 16.5. The molecule has 4 fully saturated rings. The zero-order valence-electron chi connectivity index (χ0n) is 15.6. The molecule has 0 spiro atoms. The monoisotopic (exact) mass is 352 g/mol. The Bertz CT molecular complexity index is 822. The predicted octanol–water partition coefficient (Wildman–Crippen LogP) is 4.99. The van der Waals surface area contributed by atoms with Gasteiger partial charge in [0.2, 0.25) is 0 Å². The SMILES string of the molecule is COC(=O)C12CCC(c3ccc4nc(C5CCCC5)[nH]c4c3)(CC1)CC2. The Balaban J connectivity index is 1.44. The molecule has 0 aliphatic heterocycles. The summed E-state index contributed by atoms with van der Waals surface area (Å²) in [5.41, 5.74) is 3.76. The fourth-order valence-electron chi connectivity index (χ4n) is 5.89. The number of methoxy groups -OCH3 is 1. The van der Waals surface area contributed by atoms with Gasteiger partial charge < -0.3 is 9.72 Å². The van der Waals surface area contributed by atoms with Crippen molar-refractivity contribution in [3.8, 4) is 0 Å². The molecule has 4 aliphatic carbocycles. The number of aromatic nitrogens is 2. The molecule has 1 aromatic carbocycles. The maximum atomic E-state index is 12.3. The number of imidazole rings is 1. The van der Waals surface area contributed by atoms with E-state index in [1.807, 2.05) is 0 Å². The summed E-state index contributed by atoms with van der Waals surface area (Å²) in [6.45, 7) is 0. The highest BCUT2D eigenvalue weighted by Gasteiger charge is 2.53. The lowest BCUT2D eigenvalue weighted by molar-refractivity contribution is -0.160. The first-order valence-electron chi connectivity index (χ1n) is 10.2. The zero-order valence-corrected chi connectivity index (χ0v) is 15.6. The van der Waals surface area contributed by atoms with Crippen LogP contribution in [-0.4, -0.2) is 23.0 Å². The average molecular weight is 352 g/mol. The number of fused-ring (bicyclic) bond motifs is 4. The molecule has 4 aliphatic rings. The summed E-state index contributed by atoms with van der Waals surface area (Å²) in [4.78, 5) is 20.7. The molecule has 0 amide bonds. The number of H-pyrrole nitrogens is 1. The van der Waals surface area contributed by atoms with Crippen molar-refractivity contribution in [3.05, 3.63) is 29.6 Å². The first-order chi connectivity index (χ1) is 12.6. The van der Waals surface area contributed by atoms with Crippen molar-refractivity contribution < 1.29 is 9.53 Å². The smallest absolute Gasteiger partial charge is 0.311 e. The Hall–Kier alpha value is -1.84. The van der Waals surface area contributed by atoms with Crippen molar-refractivity contribution in [1.82, 2.24) is 9.97 Å². The third kappa shape index (κ3) is 2.34. The van der Waals surface area contributed by atoms with Crippen molar-refractivity contribution in [2.45, 2.75) is 75.5 Å². The fourth-order valence-corrected chi connectivity index (χ4v) is 5.89. The van der Waals surface area contributed by atoms with Gasteiger partial charge in [-0.15, -0.1) is 0 Å². The minimum absolute atomic E-state index is 0.0102. The Labute approximate surface area is 154 Å². The Kier molecular flexibility index (Phi) is 3.67. The molecule has 6 rings (SSSR count). The second-order valence-electron chi connectivity index (χ2n) is 8.89. The van der Waals surface area contributed by atoms with E-state index in [0.717, 1.165) is 44.0 Å². The molecule has 0 radical (unpaired) electrons. The number of rotatable bonds is 3. The molecule has 1 aromatic heterocycles. The van der Waals surface area contributed by atoms with Gasteiger partial charge in [-0.2, -0.15) is 0 Å². The molecule has 1 N–H and O–H groups in total. The van der Waals surface area contributed by atoms with Crippen LogP contribution in [0.2, 0.25) is 0 Å². The van der Waals surface area contributed by atoms with Crippen molar-refractivity contribution in [2.24, 2.45) is 5.41 Å². The van der Waals surface area contributed by atoms with Gasteiger partial charge >= 0.3 is 5.97 Å². The Morgan fingerprint density at radius 3 is 2.46 bits per heavy atom. The standard InChI is InChI=1S/C22H28N2O2/c1-26-20(25)22-11-8-21(9-12-22,10-13-22)16-6-7-17-18(14-16)24-19(23-17)15-4-2-3-5-15/h6-7,14-15H,2-5,8-13H2,1H3,(H,23,24). The molecule has 26 heavy (non-hydrogen) atoms. The van der Waals surface area contributed by atoms with Gasteiger partial charge in [0, 0.05) is 5.92 Å². The minimum atomic E-state index is -0.204. The van der Waals surface area contributed by atoms with E-state index in [-0.39, 0.29) is 16.8 Å². The second-order valence-corrected chi connectivity index (χ2v) is 8.89. The number of ether oxygens (including phenoxy) is 1. The quantitative estimate of drug-likeness (QED) is 0.792. The van der Waals surface area contributed by atoms with E-state index in [1.165, 1.54) is 49.7 Å². The summed E-state index contributed by atoms with van der Waals surface area (Å²) in [6.07, 6.45) is 11.4. The van der Waals surface area contributed by atoms with E-state index in [1.54, 1.807) is 0 Å². The molecule has 138 valence electrons. The lowest BCUT2D eigenvalue weighted by atomic mass is 9.52. The number of hydrogen-bond donors (Lipinski definition) is 1. The molecule has 4 heteroatoms. The van der Waals surface area contributed by atoms with Gasteiger partial charge in [0.05, 0.1) is 23.6 Å². The number of carbonyl (C=O) groups excluding carboxylic acids is 1. The molecule has 1 heterocycles. The number of esters is 1. The topological polar surface area (TPSA) is 55.0 Å². The highest BCUT2D eigenvalue weighted by Crippen LogP contribution is 2.58. The summed E-state index contributed by atoms with van der Waals surface area (Å²) in [7, 11) is 1.53. The number of carbonyl (C=O) groups is 1. The molecule has 0 saturated heterocycles. The lowest BCUT2D eigenvalue weighted by Gasteiger charge is -2.52. The van der Waals surface area contributed by atoms with Crippen LogP contribution in [0.3, 0.4) is 0 Å². The van der Waals surface area contributed by atoms with E-state index in [9.17, 15) is 4.79 Å². The van der Waals surface area contributed by atoms with Crippen LogP contribution in [0.1, 0.15) is 81.5 Å². The van der Waals surface area contributed by atoms with Crippen LogP contribution < -0.4 is 0 Å². The van der Waals surface area contributed by atoms with E-state index in [4.69, 9.17) is 9.72 Å². The summed E-state index contributed by atoms with van der Waals surface area (Å²) in [5, 5.41) is 0.